The molecule has 0 spiro atoms. The Bertz CT molecular complexity index is 102. The zero-order valence-corrected chi connectivity index (χ0v) is 7.25. The SMILES string of the molecule is CC(CO)CCC(C)(O)CO. The van der Waals surface area contributed by atoms with Crippen LogP contribution in [0.1, 0.15) is 26.7 Å². The third-order valence-corrected chi connectivity index (χ3v) is 1.83. The van der Waals surface area contributed by atoms with E-state index >= 15 is 0 Å². The van der Waals surface area contributed by atoms with Crippen LogP contribution in [0.3, 0.4) is 0 Å². The predicted molar refractivity (Wildman–Crippen MR) is 43.2 cm³/mol. The molecule has 68 valence electrons. The van der Waals surface area contributed by atoms with Crippen molar-refractivity contribution in [1.29, 1.82) is 0 Å². The summed E-state index contributed by atoms with van der Waals surface area (Å²) in [6.07, 6.45) is 1.27. The highest BCUT2D eigenvalue weighted by molar-refractivity contribution is 4.71. The second-order valence-electron chi connectivity index (χ2n) is 3.48. The molecule has 0 aromatic carbocycles. The number of hydrogen-bond acceptors (Lipinski definition) is 3. The van der Waals surface area contributed by atoms with Crippen LogP contribution in [0.4, 0.5) is 0 Å². The Balaban J connectivity index is 3.52. The molecular weight excluding hydrogens is 144 g/mol. The van der Waals surface area contributed by atoms with E-state index in [1.54, 1.807) is 6.92 Å². The summed E-state index contributed by atoms with van der Waals surface area (Å²) < 4.78 is 0. The van der Waals surface area contributed by atoms with Crippen LogP contribution >= 0.6 is 0 Å². The minimum absolute atomic E-state index is 0.140. The van der Waals surface area contributed by atoms with Crippen LogP contribution in [0.15, 0.2) is 0 Å². The number of hydrogen-bond donors (Lipinski definition) is 3. The molecule has 0 fully saturated rings. The van der Waals surface area contributed by atoms with Crippen LogP contribution in [0.25, 0.3) is 0 Å². The maximum Gasteiger partial charge on any atom is 0.0849 e. The summed E-state index contributed by atoms with van der Waals surface area (Å²) in [6.45, 7) is 3.43. The molecule has 11 heavy (non-hydrogen) atoms. The Kier molecular flexibility index (Phi) is 4.65. The second-order valence-corrected chi connectivity index (χ2v) is 3.48. The van der Waals surface area contributed by atoms with Crippen molar-refractivity contribution in [1.82, 2.24) is 0 Å². The van der Waals surface area contributed by atoms with Gasteiger partial charge in [0.1, 0.15) is 0 Å². The van der Waals surface area contributed by atoms with E-state index in [2.05, 4.69) is 0 Å². The monoisotopic (exact) mass is 162 g/mol. The average molecular weight is 162 g/mol. The third kappa shape index (κ3) is 5.18. The molecular formula is C8H18O3. The summed E-state index contributed by atoms with van der Waals surface area (Å²) >= 11 is 0. The minimum atomic E-state index is -0.983. The fraction of sp³-hybridized carbons (Fsp3) is 1.00. The summed E-state index contributed by atoms with van der Waals surface area (Å²) in [5, 5.41) is 26.7. The van der Waals surface area contributed by atoms with Crippen molar-refractivity contribution in [2.24, 2.45) is 5.92 Å². The lowest BCUT2D eigenvalue weighted by Crippen LogP contribution is -2.29. The van der Waals surface area contributed by atoms with Gasteiger partial charge in [0.25, 0.3) is 0 Å². The smallest absolute Gasteiger partial charge is 0.0849 e. The molecule has 0 amide bonds. The topological polar surface area (TPSA) is 60.7 Å². The van der Waals surface area contributed by atoms with Crippen molar-refractivity contribution in [2.45, 2.75) is 32.3 Å². The van der Waals surface area contributed by atoms with Gasteiger partial charge in [-0.3, -0.25) is 0 Å². The highest BCUT2D eigenvalue weighted by atomic mass is 16.3. The van der Waals surface area contributed by atoms with E-state index in [4.69, 9.17) is 10.2 Å². The Morgan fingerprint density at radius 3 is 2.27 bits per heavy atom. The molecule has 3 nitrogen and oxygen atoms in total. The van der Waals surface area contributed by atoms with Gasteiger partial charge in [-0.1, -0.05) is 6.92 Å². The van der Waals surface area contributed by atoms with Gasteiger partial charge in [0, 0.05) is 6.61 Å². The molecule has 0 aromatic heterocycles. The molecule has 0 aliphatic heterocycles. The lowest BCUT2D eigenvalue weighted by molar-refractivity contribution is -0.0107. The molecule has 3 heteroatoms. The largest absolute Gasteiger partial charge is 0.396 e. The van der Waals surface area contributed by atoms with Gasteiger partial charge in [-0.05, 0) is 25.7 Å². The Labute approximate surface area is 67.7 Å². The quantitative estimate of drug-likeness (QED) is 0.539. The van der Waals surface area contributed by atoms with Gasteiger partial charge in [0.15, 0.2) is 0 Å². The van der Waals surface area contributed by atoms with Crippen molar-refractivity contribution in [3.8, 4) is 0 Å². The summed E-state index contributed by atoms with van der Waals surface area (Å²) in [7, 11) is 0. The molecule has 0 bridgehead atoms. The first-order valence-electron chi connectivity index (χ1n) is 3.96. The first-order chi connectivity index (χ1) is 5.02. The maximum absolute atomic E-state index is 9.34. The number of aliphatic hydroxyl groups excluding tert-OH is 2. The van der Waals surface area contributed by atoms with Gasteiger partial charge >= 0.3 is 0 Å². The zero-order chi connectivity index (χ0) is 8.91. The fourth-order valence-corrected chi connectivity index (χ4v) is 0.728. The standard InChI is InChI=1S/C8H18O3/c1-7(5-9)3-4-8(2,11)6-10/h7,9-11H,3-6H2,1-2H3. The fourth-order valence-electron chi connectivity index (χ4n) is 0.728. The molecule has 2 atom stereocenters. The highest BCUT2D eigenvalue weighted by Gasteiger charge is 2.19. The molecule has 0 rings (SSSR count). The highest BCUT2D eigenvalue weighted by Crippen LogP contribution is 2.15. The molecule has 0 aliphatic carbocycles. The summed E-state index contributed by atoms with van der Waals surface area (Å²) in [6, 6.07) is 0. The molecule has 0 saturated heterocycles. The second kappa shape index (κ2) is 4.70. The van der Waals surface area contributed by atoms with Gasteiger partial charge in [0.05, 0.1) is 12.2 Å². The van der Waals surface area contributed by atoms with Crippen molar-refractivity contribution in [2.75, 3.05) is 13.2 Å². The van der Waals surface area contributed by atoms with Crippen LogP contribution < -0.4 is 0 Å². The van der Waals surface area contributed by atoms with Gasteiger partial charge in [-0.15, -0.1) is 0 Å². The predicted octanol–water partition coefficient (Wildman–Crippen LogP) is 0.138. The Hall–Kier alpha value is -0.120. The van der Waals surface area contributed by atoms with E-state index in [0.717, 1.165) is 6.42 Å². The van der Waals surface area contributed by atoms with Crippen molar-refractivity contribution >= 4 is 0 Å². The van der Waals surface area contributed by atoms with Gasteiger partial charge < -0.3 is 15.3 Å². The molecule has 0 radical (unpaired) electrons. The van der Waals surface area contributed by atoms with E-state index in [0.29, 0.717) is 6.42 Å². The van der Waals surface area contributed by atoms with E-state index < -0.39 is 5.60 Å². The summed E-state index contributed by atoms with van der Waals surface area (Å²) in [4.78, 5) is 0. The maximum atomic E-state index is 9.34. The van der Waals surface area contributed by atoms with Gasteiger partial charge in [-0.2, -0.15) is 0 Å². The normalized spacial score (nSPS) is 19.4. The van der Waals surface area contributed by atoms with Crippen LogP contribution in [0.2, 0.25) is 0 Å². The van der Waals surface area contributed by atoms with E-state index in [1.807, 2.05) is 6.92 Å². The summed E-state index contributed by atoms with van der Waals surface area (Å²) in [5.41, 5.74) is -0.983. The molecule has 2 unspecified atom stereocenters. The Morgan fingerprint density at radius 1 is 1.36 bits per heavy atom. The average Bonchev–Trinajstić information content (AvgIpc) is 2.00. The zero-order valence-electron chi connectivity index (χ0n) is 7.25. The molecule has 0 aromatic rings. The van der Waals surface area contributed by atoms with E-state index in [1.165, 1.54) is 0 Å². The summed E-state index contributed by atoms with van der Waals surface area (Å²) in [5.74, 6) is 0.202. The van der Waals surface area contributed by atoms with Gasteiger partial charge in [0.2, 0.25) is 0 Å². The van der Waals surface area contributed by atoms with Crippen molar-refractivity contribution < 1.29 is 15.3 Å². The molecule has 0 aliphatic rings. The van der Waals surface area contributed by atoms with E-state index in [9.17, 15) is 5.11 Å². The minimum Gasteiger partial charge on any atom is -0.396 e. The van der Waals surface area contributed by atoms with E-state index in [-0.39, 0.29) is 19.1 Å². The van der Waals surface area contributed by atoms with Crippen LogP contribution in [0, 0.1) is 5.92 Å². The first-order valence-corrected chi connectivity index (χ1v) is 3.96. The van der Waals surface area contributed by atoms with Crippen LogP contribution in [0.5, 0.6) is 0 Å². The lowest BCUT2D eigenvalue weighted by Gasteiger charge is -2.21. The third-order valence-electron chi connectivity index (χ3n) is 1.83. The molecule has 3 N–H and O–H groups in total. The number of aliphatic hydroxyl groups is 3. The van der Waals surface area contributed by atoms with Crippen LogP contribution in [-0.2, 0) is 0 Å². The van der Waals surface area contributed by atoms with Gasteiger partial charge in [-0.25, -0.2) is 0 Å². The molecule has 0 saturated carbocycles. The molecule has 0 heterocycles. The lowest BCUT2D eigenvalue weighted by atomic mass is 9.96. The van der Waals surface area contributed by atoms with Crippen LogP contribution in [-0.4, -0.2) is 34.1 Å². The number of rotatable bonds is 5. The van der Waals surface area contributed by atoms with Crippen molar-refractivity contribution in [3.63, 3.8) is 0 Å². The Morgan fingerprint density at radius 2 is 1.91 bits per heavy atom. The first kappa shape index (κ1) is 10.9. The van der Waals surface area contributed by atoms with Crippen molar-refractivity contribution in [3.05, 3.63) is 0 Å².